The number of carbonyl (C=O) groups is 1. The Labute approximate surface area is 205 Å². The Hall–Kier alpha value is -3.25. The summed E-state index contributed by atoms with van der Waals surface area (Å²) in [5, 5.41) is 14.5. The molecule has 0 aliphatic rings. The number of anilines is 1. The number of hydrogen-bond acceptors (Lipinski definition) is 7. The third-order valence-electron chi connectivity index (χ3n) is 4.54. The molecule has 1 heterocycles. The SMILES string of the molecule is CCOc1cc(/C=N/NC(=O)c2sc(N)c(C#N)c2C)ccc1OCc1ccc(Cl)cc1Cl. The van der Waals surface area contributed by atoms with E-state index in [1.165, 1.54) is 6.21 Å². The molecule has 0 radical (unpaired) electrons. The molecule has 33 heavy (non-hydrogen) atoms. The Morgan fingerprint density at radius 2 is 2.03 bits per heavy atom. The van der Waals surface area contributed by atoms with E-state index in [1.807, 2.05) is 13.0 Å². The van der Waals surface area contributed by atoms with E-state index in [0.29, 0.717) is 54.7 Å². The minimum Gasteiger partial charge on any atom is -0.490 e. The lowest BCUT2D eigenvalue weighted by Crippen LogP contribution is -2.17. The van der Waals surface area contributed by atoms with Crippen LogP contribution in [0.5, 0.6) is 11.5 Å². The predicted octanol–water partition coefficient (Wildman–Crippen LogP) is 5.56. The molecular weight excluding hydrogens is 483 g/mol. The van der Waals surface area contributed by atoms with Crippen LogP contribution in [-0.2, 0) is 6.61 Å². The zero-order chi connectivity index (χ0) is 24.0. The number of nitriles is 1. The molecule has 0 spiro atoms. The molecule has 10 heteroatoms. The fraction of sp³-hybridized carbons (Fsp3) is 0.174. The first-order valence-electron chi connectivity index (χ1n) is 9.80. The quantitative estimate of drug-likeness (QED) is 0.309. The number of rotatable bonds is 8. The smallest absolute Gasteiger partial charge is 0.281 e. The summed E-state index contributed by atoms with van der Waals surface area (Å²) >= 11 is 13.2. The van der Waals surface area contributed by atoms with Gasteiger partial charge in [-0.25, -0.2) is 5.43 Å². The summed E-state index contributed by atoms with van der Waals surface area (Å²) in [6.45, 7) is 4.23. The molecule has 3 N–H and O–H groups in total. The molecule has 7 nitrogen and oxygen atoms in total. The van der Waals surface area contributed by atoms with Crippen molar-refractivity contribution < 1.29 is 14.3 Å². The van der Waals surface area contributed by atoms with Crippen molar-refractivity contribution in [3.05, 3.63) is 73.6 Å². The van der Waals surface area contributed by atoms with Crippen LogP contribution in [0.25, 0.3) is 0 Å². The molecule has 0 fully saturated rings. The highest BCUT2D eigenvalue weighted by Crippen LogP contribution is 2.31. The number of hydrogen-bond donors (Lipinski definition) is 2. The minimum atomic E-state index is -0.438. The van der Waals surface area contributed by atoms with Gasteiger partial charge in [-0.15, -0.1) is 11.3 Å². The summed E-state index contributed by atoms with van der Waals surface area (Å²) in [7, 11) is 0. The zero-order valence-electron chi connectivity index (χ0n) is 17.8. The number of nitrogens with two attached hydrogens (primary N) is 1. The van der Waals surface area contributed by atoms with Crippen molar-refractivity contribution in [3.8, 4) is 17.6 Å². The topological polar surface area (TPSA) is 110 Å². The molecule has 0 aliphatic heterocycles. The third-order valence-corrected chi connectivity index (χ3v) is 6.24. The molecule has 0 aliphatic carbocycles. The van der Waals surface area contributed by atoms with E-state index in [2.05, 4.69) is 10.5 Å². The molecule has 3 aromatic rings. The van der Waals surface area contributed by atoms with Gasteiger partial charge in [0.25, 0.3) is 5.91 Å². The highest BCUT2D eigenvalue weighted by atomic mass is 35.5. The number of nitrogens with zero attached hydrogens (tertiary/aromatic N) is 2. The fourth-order valence-electron chi connectivity index (χ4n) is 2.89. The van der Waals surface area contributed by atoms with Crippen LogP contribution in [0.1, 0.15) is 38.8 Å². The Balaban J connectivity index is 1.70. The molecule has 1 aromatic heterocycles. The van der Waals surface area contributed by atoms with Crippen molar-refractivity contribution in [2.75, 3.05) is 12.3 Å². The molecule has 0 unspecified atom stereocenters. The molecule has 0 saturated heterocycles. The maximum absolute atomic E-state index is 12.4. The summed E-state index contributed by atoms with van der Waals surface area (Å²) in [4.78, 5) is 12.7. The molecule has 2 aromatic carbocycles. The number of nitrogen functional groups attached to an aromatic ring is 1. The first kappa shape index (κ1) is 24.4. The van der Waals surface area contributed by atoms with Crippen molar-refractivity contribution in [2.45, 2.75) is 20.5 Å². The molecule has 3 rings (SSSR count). The number of halogens is 2. The molecule has 0 saturated carbocycles. The van der Waals surface area contributed by atoms with Crippen LogP contribution in [0.3, 0.4) is 0 Å². The highest BCUT2D eigenvalue weighted by molar-refractivity contribution is 7.18. The Morgan fingerprint density at radius 3 is 2.70 bits per heavy atom. The average Bonchev–Trinajstić information content (AvgIpc) is 3.07. The summed E-state index contributed by atoms with van der Waals surface area (Å²) in [5.41, 5.74) is 10.6. The van der Waals surface area contributed by atoms with Crippen molar-refractivity contribution >= 4 is 51.7 Å². The van der Waals surface area contributed by atoms with Gasteiger partial charge in [-0.1, -0.05) is 29.3 Å². The normalized spacial score (nSPS) is 10.8. The van der Waals surface area contributed by atoms with Gasteiger partial charge in [0.2, 0.25) is 0 Å². The summed E-state index contributed by atoms with van der Waals surface area (Å²) in [6, 6.07) is 12.5. The number of carbonyl (C=O) groups excluding carboxylic acids is 1. The van der Waals surface area contributed by atoms with Crippen molar-refractivity contribution in [2.24, 2.45) is 5.10 Å². The Kier molecular flexibility index (Phi) is 8.17. The van der Waals surface area contributed by atoms with E-state index in [0.717, 1.165) is 16.9 Å². The Bertz CT molecular complexity index is 1250. The first-order chi connectivity index (χ1) is 15.8. The first-order valence-corrected chi connectivity index (χ1v) is 11.4. The van der Waals surface area contributed by atoms with E-state index in [-0.39, 0.29) is 6.61 Å². The van der Waals surface area contributed by atoms with Crippen LogP contribution in [0.4, 0.5) is 5.00 Å². The maximum Gasteiger partial charge on any atom is 0.281 e. The van der Waals surface area contributed by atoms with Gasteiger partial charge in [-0.05, 0) is 55.3 Å². The number of hydrazone groups is 1. The van der Waals surface area contributed by atoms with Crippen LogP contribution in [0, 0.1) is 18.3 Å². The highest BCUT2D eigenvalue weighted by Gasteiger charge is 2.18. The van der Waals surface area contributed by atoms with E-state index in [9.17, 15) is 4.79 Å². The summed E-state index contributed by atoms with van der Waals surface area (Å²) < 4.78 is 11.6. The lowest BCUT2D eigenvalue weighted by molar-refractivity contribution is 0.0958. The van der Waals surface area contributed by atoms with Crippen LogP contribution in [0.2, 0.25) is 10.0 Å². The molecular formula is C23H20Cl2N4O3S. The number of nitrogens with one attached hydrogen (secondary N) is 1. The van der Waals surface area contributed by atoms with Crippen molar-refractivity contribution in [1.29, 1.82) is 5.26 Å². The third kappa shape index (κ3) is 5.96. The number of ether oxygens (including phenoxy) is 2. The van der Waals surface area contributed by atoms with Gasteiger partial charge >= 0.3 is 0 Å². The Morgan fingerprint density at radius 1 is 1.24 bits per heavy atom. The second-order valence-electron chi connectivity index (χ2n) is 6.77. The van der Waals surface area contributed by atoms with E-state index in [4.69, 9.17) is 43.7 Å². The summed E-state index contributed by atoms with van der Waals surface area (Å²) in [5.74, 6) is 0.628. The number of amides is 1. The lowest BCUT2D eigenvalue weighted by Gasteiger charge is -2.13. The largest absolute Gasteiger partial charge is 0.490 e. The van der Waals surface area contributed by atoms with E-state index >= 15 is 0 Å². The molecule has 1 amide bonds. The van der Waals surface area contributed by atoms with Crippen LogP contribution in [-0.4, -0.2) is 18.7 Å². The minimum absolute atomic E-state index is 0.244. The zero-order valence-corrected chi connectivity index (χ0v) is 20.1. The number of benzene rings is 2. The van der Waals surface area contributed by atoms with Gasteiger partial charge in [0.1, 0.15) is 22.6 Å². The maximum atomic E-state index is 12.4. The van der Waals surface area contributed by atoms with Gasteiger partial charge < -0.3 is 15.2 Å². The average molecular weight is 503 g/mol. The van der Waals surface area contributed by atoms with E-state index in [1.54, 1.807) is 43.3 Å². The fourth-order valence-corrected chi connectivity index (χ4v) is 4.27. The second-order valence-corrected chi connectivity index (χ2v) is 8.67. The van der Waals surface area contributed by atoms with Crippen LogP contribution < -0.4 is 20.6 Å². The molecule has 0 bridgehead atoms. The molecule has 0 atom stereocenters. The van der Waals surface area contributed by atoms with Gasteiger partial charge in [0, 0.05) is 15.6 Å². The van der Waals surface area contributed by atoms with Crippen molar-refractivity contribution in [3.63, 3.8) is 0 Å². The monoisotopic (exact) mass is 502 g/mol. The van der Waals surface area contributed by atoms with Crippen molar-refractivity contribution in [1.82, 2.24) is 5.43 Å². The van der Waals surface area contributed by atoms with Gasteiger partial charge in [-0.3, -0.25) is 4.79 Å². The van der Waals surface area contributed by atoms with Crippen LogP contribution >= 0.6 is 34.5 Å². The van der Waals surface area contributed by atoms with Gasteiger partial charge in [0.05, 0.1) is 18.4 Å². The predicted molar refractivity (Wildman–Crippen MR) is 132 cm³/mol. The standard InChI is InChI=1S/C23H20Cl2N4O3S/c1-3-31-20-8-14(4-7-19(20)32-12-15-5-6-16(24)9-18(15)25)11-28-29-23(30)21-13(2)17(10-26)22(27)33-21/h4-9,11H,3,12,27H2,1-2H3,(H,29,30)/b28-11+. The van der Waals surface area contributed by atoms with E-state index < -0.39 is 5.91 Å². The number of thiophene rings is 1. The lowest BCUT2D eigenvalue weighted by atomic mass is 10.2. The summed E-state index contributed by atoms with van der Waals surface area (Å²) in [6.07, 6.45) is 1.48. The van der Waals surface area contributed by atoms with Gasteiger partial charge in [-0.2, -0.15) is 10.4 Å². The molecule has 170 valence electrons. The second kappa shape index (κ2) is 11.1. The van der Waals surface area contributed by atoms with Gasteiger partial charge in [0.15, 0.2) is 11.5 Å². The van der Waals surface area contributed by atoms with Crippen LogP contribution in [0.15, 0.2) is 41.5 Å².